The highest BCUT2D eigenvalue weighted by Gasteiger charge is 2.48. The van der Waals surface area contributed by atoms with Gasteiger partial charge in [-0.25, -0.2) is 4.39 Å². The summed E-state index contributed by atoms with van der Waals surface area (Å²) in [6.45, 7) is 1.86. The molecule has 1 aromatic heterocycles. The van der Waals surface area contributed by atoms with E-state index in [4.69, 9.17) is 4.74 Å². The van der Waals surface area contributed by atoms with Crippen LogP contribution < -0.4 is 5.32 Å². The summed E-state index contributed by atoms with van der Waals surface area (Å²) < 4.78 is 19.7. The third kappa shape index (κ3) is 3.51. The number of allylic oxidation sites excluding steroid dienone is 2. The van der Waals surface area contributed by atoms with E-state index in [1.165, 1.54) is 17.4 Å². The predicted octanol–water partition coefficient (Wildman–Crippen LogP) is 3.68. The Balaban J connectivity index is 1.83. The Bertz CT molecular complexity index is 998. The molecule has 0 spiro atoms. The number of hydrogen-bond acceptors (Lipinski definition) is 5. The maximum Gasteiger partial charge on any atom is 0.317 e. The number of Topliss-reactive ketones (excluding diaryl/α,β-unsaturated/α-hetero) is 1. The molecule has 0 saturated heterocycles. The van der Waals surface area contributed by atoms with Crippen LogP contribution in [0.15, 0.2) is 53.0 Å². The molecule has 1 aliphatic heterocycles. The first-order chi connectivity index (χ1) is 14.0. The van der Waals surface area contributed by atoms with E-state index in [-0.39, 0.29) is 18.9 Å². The smallest absolute Gasteiger partial charge is 0.317 e. The number of amides is 1. The van der Waals surface area contributed by atoms with Crippen LogP contribution in [0, 0.1) is 11.7 Å². The number of hydrogen-bond donors (Lipinski definition) is 1. The van der Waals surface area contributed by atoms with Gasteiger partial charge in [0.2, 0.25) is 5.91 Å². The lowest BCUT2D eigenvalue weighted by Gasteiger charge is -2.37. The summed E-state index contributed by atoms with van der Waals surface area (Å²) >= 11 is 1.46. The molecule has 0 radical (unpaired) electrons. The molecule has 2 heterocycles. The van der Waals surface area contributed by atoms with Gasteiger partial charge in [-0.05, 0) is 36.4 Å². The Morgan fingerprint density at radius 1 is 1.21 bits per heavy atom. The predicted molar refractivity (Wildman–Crippen MR) is 106 cm³/mol. The van der Waals surface area contributed by atoms with E-state index < -0.39 is 35.3 Å². The number of ketones is 1. The van der Waals surface area contributed by atoms with Crippen molar-refractivity contribution in [2.45, 2.75) is 31.6 Å². The Labute approximate surface area is 171 Å². The second-order valence-corrected chi connectivity index (χ2v) is 8.12. The second-order valence-electron chi connectivity index (χ2n) is 7.14. The van der Waals surface area contributed by atoms with Gasteiger partial charge in [-0.3, -0.25) is 14.4 Å². The van der Waals surface area contributed by atoms with Gasteiger partial charge in [0.15, 0.2) is 5.78 Å². The summed E-state index contributed by atoms with van der Waals surface area (Å²) in [6.07, 6.45) is 0.284. The van der Waals surface area contributed by atoms with Gasteiger partial charge in [-0.2, -0.15) is 0 Å². The van der Waals surface area contributed by atoms with E-state index in [1.54, 1.807) is 25.1 Å². The minimum absolute atomic E-state index is 0.0370. The van der Waals surface area contributed by atoms with Gasteiger partial charge in [-0.1, -0.05) is 24.3 Å². The van der Waals surface area contributed by atoms with Crippen LogP contribution in [0.5, 0.6) is 0 Å². The molecule has 0 unspecified atom stereocenters. The SMILES string of the molecule is CCOC(=O)[C@@H]1C(=O)C2=C(C[C@@H]1c1cccs1)NC(=O)C[C@@H]2c1ccccc1F. The van der Waals surface area contributed by atoms with Crippen LogP contribution >= 0.6 is 11.3 Å². The lowest BCUT2D eigenvalue weighted by molar-refractivity contribution is -0.152. The van der Waals surface area contributed by atoms with Crippen molar-refractivity contribution in [2.24, 2.45) is 5.92 Å². The maximum absolute atomic E-state index is 14.5. The summed E-state index contributed by atoms with van der Waals surface area (Å²) in [5.74, 6) is -3.84. The lowest BCUT2D eigenvalue weighted by atomic mass is 9.69. The molecule has 2 aliphatic rings. The van der Waals surface area contributed by atoms with Crippen LogP contribution in [0.2, 0.25) is 0 Å². The molecule has 5 nitrogen and oxygen atoms in total. The van der Waals surface area contributed by atoms with Crippen LogP contribution in [-0.2, 0) is 19.1 Å². The fourth-order valence-corrected chi connectivity index (χ4v) is 5.11. The van der Waals surface area contributed by atoms with Crippen LogP contribution in [-0.4, -0.2) is 24.3 Å². The lowest BCUT2D eigenvalue weighted by Crippen LogP contribution is -2.44. The molecule has 7 heteroatoms. The van der Waals surface area contributed by atoms with Crippen molar-refractivity contribution in [1.82, 2.24) is 5.32 Å². The minimum atomic E-state index is -1.00. The molecule has 4 rings (SSSR count). The topological polar surface area (TPSA) is 72.5 Å². The summed E-state index contributed by atoms with van der Waals surface area (Å²) in [4.78, 5) is 39.5. The van der Waals surface area contributed by atoms with Crippen LogP contribution in [0.3, 0.4) is 0 Å². The van der Waals surface area contributed by atoms with Gasteiger partial charge in [0.05, 0.1) is 6.61 Å². The zero-order valence-electron chi connectivity index (χ0n) is 15.8. The van der Waals surface area contributed by atoms with Crippen molar-refractivity contribution in [3.63, 3.8) is 0 Å². The van der Waals surface area contributed by atoms with Crippen molar-refractivity contribution in [3.8, 4) is 0 Å². The highest BCUT2D eigenvalue weighted by molar-refractivity contribution is 7.10. The molecule has 3 atom stereocenters. The molecule has 2 aromatic rings. The second kappa shape index (κ2) is 7.91. The number of benzene rings is 1. The van der Waals surface area contributed by atoms with Crippen LogP contribution in [0.1, 0.15) is 42.0 Å². The Hall–Kier alpha value is -2.80. The molecular weight excluding hydrogens is 393 g/mol. The van der Waals surface area contributed by atoms with Crippen molar-refractivity contribution >= 4 is 29.0 Å². The molecule has 0 saturated carbocycles. The Kier molecular flexibility index (Phi) is 5.32. The number of halogens is 1. The van der Waals surface area contributed by atoms with Gasteiger partial charge >= 0.3 is 5.97 Å². The molecule has 29 heavy (non-hydrogen) atoms. The molecule has 1 aliphatic carbocycles. The fraction of sp³-hybridized carbons (Fsp3) is 0.318. The molecular formula is C22H20FNO4S. The number of carbonyl (C=O) groups is 3. The van der Waals surface area contributed by atoms with E-state index >= 15 is 0 Å². The maximum atomic E-state index is 14.5. The van der Waals surface area contributed by atoms with E-state index in [0.717, 1.165) is 4.88 Å². The zero-order chi connectivity index (χ0) is 20.5. The summed E-state index contributed by atoms with van der Waals surface area (Å²) in [6, 6.07) is 9.87. The van der Waals surface area contributed by atoms with Crippen LogP contribution in [0.4, 0.5) is 4.39 Å². The minimum Gasteiger partial charge on any atom is -0.465 e. The largest absolute Gasteiger partial charge is 0.465 e. The molecule has 1 N–H and O–H groups in total. The highest BCUT2D eigenvalue weighted by atomic mass is 32.1. The number of rotatable bonds is 4. The van der Waals surface area contributed by atoms with E-state index in [0.29, 0.717) is 23.3 Å². The zero-order valence-corrected chi connectivity index (χ0v) is 16.6. The van der Waals surface area contributed by atoms with Crippen LogP contribution in [0.25, 0.3) is 0 Å². The third-order valence-corrected chi connectivity index (χ3v) is 6.46. The fourth-order valence-electron chi connectivity index (χ4n) is 4.25. The van der Waals surface area contributed by atoms with E-state index in [2.05, 4.69) is 5.32 Å². The summed E-state index contributed by atoms with van der Waals surface area (Å²) in [5, 5.41) is 4.68. The first-order valence-electron chi connectivity index (χ1n) is 9.52. The van der Waals surface area contributed by atoms with E-state index in [9.17, 15) is 18.8 Å². The summed E-state index contributed by atoms with van der Waals surface area (Å²) in [7, 11) is 0. The molecule has 1 amide bonds. The standard InChI is InChI=1S/C22H20FNO4S/c1-2-28-22(27)20-14(17-8-5-9-29-17)10-16-19(21(20)26)13(11-18(25)24-16)12-6-3-4-7-15(12)23/h3-9,13-14,20H,2,10-11H2,1H3,(H,24,25)/t13-,14-,20+/m1/s1. The van der Waals surface area contributed by atoms with E-state index in [1.807, 2.05) is 17.5 Å². The van der Waals surface area contributed by atoms with Crippen molar-refractivity contribution in [2.75, 3.05) is 6.61 Å². The highest BCUT2D eigenvalue weighted by Crippen LogP contribution is 2.46. The Morgan fingerprint density at radius 2 is 2.00 bits per heavy atom. The quantitative estimate of drug-likeness (QED) is 0.613. The number of thiophene rings is 1. The first-order valence-corrected chi connectivity index (χ1v) is 10.4. The summed E-state index contributed by atoms with van der Waals surface area (Å²) in [5.41, 5.74) is 1.10. The van der Waals surface area contributed by atoms with Crippen molar-refractivity contribution in [3.05, 3.63) is 69.3 Å². The monoisotopic (exact) mass is 413 g/mol. The van der Waals surface area contributed by atoms with Gasteiger partial charge in [-0.15, -0.1) is 11.3 Å². The van der Waals surface area contributed by atoms with Crippen molar-refractivity contribution < 1.29 is 23.5 Å². The molecule has 1 aromatic carbocycles. The third-order valence-electron chi connectivity index (χ3n) is 5.46. The van der Waals surface area contributed by atoms with Gasteiger partial charge in [0.1, 0.15) is 11.7 Å². The first kappa shape index (κ1) is 19.5. The van der Waals surface area contributed by atoms with Crippen molar-refractivity contribution in [1.29, 1.82) is 0 Å². The number of carbonyl (C=O) groups excluding carboxylic acids is 3. The van der Waals surface area contributed by atoms with Gasteiger partial charge < -0.3 is 10.1 Å². The number of nitrogens with one attached hydrogen (secondary N) is 1. The average molecular weight is 413 g/mol. The number of ether oxygens (including phenoxy) is 1. The molecule has 0 fully saturated rings. The average Bonchev–Trinajstić information content (AvgIpc) is 3.22. The van der Waals surface area contributed by atoms with Gasteiger partial charge in [0, 0.05) is 34.4 Å². The normalized spacial score (nSPS) is 24.1. The van der Waals surface area contributed by atoms with Gasteiger partial charge in [0.25, 0.3) is 0 Å². The number of esters is 1. The molecule has 0 bridgehead atoms. The Morgan fingerprint density at radius 3 is 2.69 bits per heavy atom. The molecule has 150 valence electrons.